The molecule has 6 heteroatoms. The summed E-state index contributed by atoms with van der Waals surface area (Å²) in [5.41, 5.74) is 2.93. The molecule has 6 nitrogen and oxygen atoms in total. The molecule has 3 aromatic rings. The molecule has 2 aliphatic rings. The third-order valence-electron chi connectivity index (χ3n) is 6.33. The van der Waals surface area contributed by atoms with Crippen LogP contribution in [-0.4, -0.2) is 52.2 Å². The number of ether oxygens (including phenoxy) is 1. The second kappa shape index (κ2) is 7.28. The SMILES string of the molecule is Cn1c(CN2CCC3(CC2)CN(c2ccccc2)C(=O)CO3)nc2ccccc21. The smallest absolute Gasteiger partial charge is 0.253 e. The molecule has 0 aliphatic carbocycles. The molecule has 0 saturated carbocycles. The van der Waals surface area contributed by atoms with Gasteiger partial charge < -0.3 is 14.2 Å². The van der Waals surface area contributed by atoms with E-state index in [2.05, 4.69) is 34.7 Å². The normalized spacial score (nSPS) is 19.9. The Balaban J connectivity index is 1.27. The van der Waals surface area contributed by atoms with E-state index < -0.39 is 0 Å². The Morgan fingerprint density at radius 3 is 2.52 bits per heavy atom. The number of amides is 1. The summed E-state index contributed by atoms with van der Waals surface area (Å²) in [5.74, 6) is 1.14. The molecule has 3 heterocycles. The van der Waals surface area contributed by atoms with Crippen LogP contribution in [0.15, 0.2) is 54.6 Å². The molecular weight excluding hydrogens is 364 g/mol. The predicted molar refractivity (Wildman–Crippen MR) is 113 cm³/mol. The molecule has 150 valence electrons. The largest absolute Gasteiger partial charge is 0.363 e. The Bertz CT molecular complexity index is 1020. The van der Waals surface area contributed by atoms with Crippen LogP contribution in [0.1, 0.15) is 18.7 Å². The van der Waals surface area contributed by atoms with Gasteiger partial charge >= 0.3 is 0 Å². The maximum Gasteiger partial charge on any atom is 0.253 e. The Morgan fingerprint density at radius 1 is 1.03 bits per heavy atom. The molecule has 0 radical (unpaired) electrons. The van der Waals surface area contributed by atoms with E-state index in [1.165, 1.54) is 5.52 Å². The highest BCUT2D eigenvalue weighted by molar-refractivity contribution is 5.95. The van der Waals surface area contributed by atoms with Gasteiger partial charge in [-0.2, -0.15) is 0 Å². The highest BCUT2D eigenvalue weighted by Crippen LogP contribution is 2.33. The van der Waals surface area contributed by atoms with Gasteiger partial charge in [0.25, 0.3) is 5.91 Å². The summed E-state index contributed by atoms with van der Waals surface area (Å²) in [6.45, 7) is 3.53. The lowest BCUT2D eigenvalue weighted by Crippen LogP contribution is -2.58. The van der Waals surface area contributed by atoms with Crippen molar-refractivity contribution >= 4 is 22.6 Å². The number of aryl methyl sites for hydroxylation is 1. The minimum Gasteiger partial charge on any atom is -0.363 e. The van der Waals surface area contributed by atoms with Crippen molar-refractivity contribution in [3.8, 4) is 0 Å². The number of hydrogen-bond acceptors (Lipinski definition) is 4. The molecule has 0 unspecified atom stereocenters. The van der Waals surface area contributed by atoms with Gasteiger partial charge in [0.1, 0.15) is 12.4 Å². The average molecular weight is 390 g/mol. The topological polar surface area (TPSA) is 50.6 Å². The molecule has 1 amide bonds. The van der Waals surface area contributed by atoms with Gasteiger partial charge in [0, 0.05) is 25.8 Å². The van der Waals surface area contributed by atoms with Crippen LogP contribution < -0.4 is 4.90 Å². The number of hydrogen-bond donors (Lipinski definition) is 0. The van der Waals surface area contributed by atoms with Crippen LogP contribution >= 0.6 is 0 Å². The van der Waals surface area contributed by atoms with Gasteiger partial charge in [0.05, 0.1) is 29.7 Å². The van der Waals surface area contributed by atoms with Crippen LogP contribution in [0.2, 0.25) is 0 Å². The zero-order valence-corrected chi connectivity index (χ0v) is 16.8. The number of piperidine rings is 1. The molecule has 29 heavy (non-hydrogen) atoms. The summed E-state index contributed by atoms with van der Waals surface area (Å²) in [6.07, 6.45) is 1.85. The summed E-state index contributed by atoms with van der Waals surface area (Å²) in [6, 6.07) is 18.2. The van der Waals surface area contributed by atoms with Crippen molar-refractivity contribution in [1.29, 1.82) is 0 Å². The third kappa shape index (κ3) is 3.43. The van der Waals surface area contributed by atoms with Gasteiger partial charge in [-0.15, -0.1) is 0 Å². The number of carbonyl (C=O) groups is 1. The van der Waals surface area contributed by atoms with E-state index in [1.54, 1.807) is 0 Å². The van der Waals surface area contributed by atoms with Crippen LogP contribution in [0.5, 0.6) is 0 Å². The fraction of sp³-hybridized carbons (Fsp3) is 0.391. The molecule has 0 N–H and O–H groups in total. The first-order chi connectivity index (χ1) is 14.1. The standard InChI is InChI=1S/C23H26N4O2/c1-25-20-10-6-5-9-19(20)24-21(25)15-26-13-11-23(12-14-26)17-27(22(28)16-29-23)18-7-3-2-4-8-18/h2-10H,11-17H2,1H3. The molecule has 2 saturated heterocycles. The number of nitrogens with zero attached hydrogens (tertiary/aromatic N) is 4. The quantitative estimate of drug-likeness (QED) is 0.690. The van der Waals surface area contributed by atoms with Crippen LogP contribution in [-0.2, 0) is 23.1 Å². The molecule has 0 bridgehead atoms. The lowest BCUT2D eigenvalue weighted by Gasteiger charge is -2.47. The lowest BCUT2D eigenvalue weighted by molar-refractivity contribution is -0.145. The van der Waals surface area contributed by atoms with E-state index in [1.807, 2.05) is 41.3 Å². The summed E-state index contributed by atoms with van der Waals surface area (Å²) >= 11 is 0. The van der Waals surface area contributed by atoms with E-state index in [-0.39, 0.29) is 18.1 Å². The predicted octanol–water partition coefficient (Wildman–Crippen LogP) is 2.97. The van der Waals surface area contributed by atoms with E-state index in [0.717, 1.165) is 49.5 Å². The van der Waals surface area contributed by atoms with Crippen LogP contribution in [0.3, 0.4) is 0 Å². The van der Waals surface area contributed by atoms with Gasteiger partial charge in [0.15, 0.2) is 0 Å². The van der Waals surface area contributed by atoms with E-state index in [4.69, 9.17) is 9.72 Å². The lowest BCUT2D eigenvalue weighted by atomic mass is 9.89. The van der Waals surface area contributed by atoms with Gasteiger partial charge in [-0.25, -0.2) is 4.98 Å². The van der Waals surface area contributed by atoms with Crippen LogP contribution in [0, 0.1) is 0 Å². The second-order valence-electron chi connectivity index (χ2n) is 8.14. The first kappa shape index (κ1) is 18.3. The Kier molecular flexibility index (Phi) is 4.60. The fourth-order valence-corrected chi connectivity index (χ4v) is 4.52. The van der Waals surface area contributed by atoms with Crippen molar-refractivity contribution in [3.63, 3.8) is 0 Å². The number of anilines is 1. The Labute approximate surface area is 170 Å². The van der Waals surface area contributed by atoms with Crippen molar-refractivity contribution in [3.05, 3.63) is 60.4 Å². The monoisotopic (exact) mass is 390 g/mol. The number of carbonyl (C=O) groups excluding carboxylic acids is 1. The molecular formula is C23H26N4O2. The van der Waals surface area contributed by atoms with Gasteiger partial charge in [0.2, 0.25) is 0 Å². The Morgan fingerprint density at radius 2 is 1.76 bits per heavy atom. The van der Waals surface area contributed by atoms with Crippen LogP contribution in [0.25, 0.3) is 11.0 Å². The number of morpholine rings is 1. The molecule has 0 atom stereocenters. The summed E-state index contributed by atoms with van der Waals surface area (Å²) < 4.78 is 8.29. The van der Waals surface area contributed by atoms with Crippen molar-refractivity contribution < 1.29 is 9.53 Å². The van der Waals surface area contributed by atoms with E-state index in [0.29, 0.717) is 6.54 Å². The maximum atomic E-state index is 12.4. The van der Waals surface area contributed by atoms with Crippen molar-refractivity contribution in [2.75, 3.05) is 31.1 Å². The second-order valence-corrected chi connectivity index (χ2v) is 8.14. The number of benzene rings is 2. The Hall–Kier alpha value is -2.70. The molecule has 2 fully saturated rings. The van der Waals surface area contributed by atoms with E-state index >= 15 is 0 Å². The summed E-state index contributed by atoms with van der Waals surface area (Å²) in [7, 11) is 2.09. The maximum absolute atomic E-state index is 12.4. The first-order valence-electron chi connectivity index (χ1n) is 10.3. The van der Waals surface area contributed by atoms with Gasteiger partial charge in [-0.3, -0.25) is 9.69 Å². The number of rotatable bonds is 3. The van der Waals surface area contributed by atoms with Crippen molar-refractivity contribution in [1.82, 2.24) is 14.5 Å². The van der Waals surface area contributed by atoms with Crippen molar-refractivity contribution in [2.24, 2.45) is 7.05 Å². The minimum atomic E-state index is -0.243. The van der Waals surface area contributed by atoms with E-state index in [9.17, 15) is 4.79 Å². The number of para-hydroxylation sites is 3. The molecule has 1 aromatic heterocycles. The molecule has 5 rings (SSSR count). The first-order valence-corrected chi connectivity index (χ1v) is 10.3. The third-order valence-corrected chi connectivity index (χ3v) is 6.33. The highest BCUT2D eigenvalue weighted by Gasteiger charge is 2.42. The average Bonchev–Trinajstić information content (AvgIpc) is 3.08. The number of aromatic nitrogens is 2. The van der Waals surface area contributed by atoms with Crippen LogP contribution in [0.4, 0.5) is 5.69 Å². The minimum absolute atomic E-state index is 0.0453. The summed E-state index contributed by atoms with van der Waals surface area (Å²) in [4.78, 5) is 21.6. The van der Waals surface area contributed by atoms with Gasteiger partial charge in [-0.05, 0) is 37.1 Å². The number of fused-ring (bicyclic) bond motifs is 1. The fourth-order valence-electron chi connectivity index (χ4n) is 4.52. The summed E-state index contributed by atoms with van der Waals surface area (Å²) in [5, 5.41) is 0. The number of imidazole rings is 1. The van der Waals surface area contributed by atoms with Crippen molar-refractivity contribution in [2.45, 2.75) is 25.0 Å². The molecule has 1 spiro atoms. The molecule has 2 aliphatic heterocycles. The van der Waals surface area contributed by atoms with Gasteiger partial charge in [-0.1, -0.05) is 30.3 Å². The number of likely N-dealkylation sites (tertiary alicyclic amines) is 1. The highest BCUT2D eigenvalue weighted by atomic mass is 16.5. The zero-order chi connectivity index (χ0) is 19.8. The zero-order valence-electron chi connectivity index (χ0n) is 16.8. The molecule has 2 aromatic carbocycles.